The molecule has 2 heterocycles. The van der Waals surface area contributed by atoms with Gasteiger partial charge < -0.3 is 14.6 Å². The van der Waals surface area contributed by atoms with E-state index in [1.165, 1.54) is 0 Å². The van der Waals surface area contributed by atoms with Crippen LogP contribution in [0.4, 0.5) is 5.82 Å². The molecule has 0 aliphatic heterocycles. The van der Waals surface area contributed by atoms with E-state index in [1.807, 2.05) is 17.7 Å². The van der Waals surface area contributed by atoms with Crippen LogP contribution in [0.3, 0.4) is 0 Å². The zero-order valence-electron chi connectivity index (χ0n) is 11.2. The first kappa shape index (κ1) is 12.8. The van der Waals surface area contributed by atoms with E-state index < -0.39 is 0 Å². The molecule has 0 aromatic carbocycles. The van der Waals surface area contributed by atoms with Gasteiger partial charge in [-0.25, -0.2) is 9.97 Å². The summed E-state index contributed by atoms with van der Waals surface area (Å²) in [4.78, 5) is 8.65. The predicted molar refractivity (Wildman–Crippen MR) is 72.7 cm³/mol. The minimum atomic E-state index is 0.572. The summed E-state index contributed by atoms with van der Waals surface area (Å²) >= 11 is 0. The number of hydrogen-bond acceptors (Lipinski definition) is 4. The van der Waals surface area contributed by atoms with Crippen molar-refractivity contribution < 1.29 is 4.74 Å². The molecule has 0 spiro atoms. The van der Waals surface area contributed by atoms with Crippen LogP contribution in [-0.4, -0.2) is 34.3 Å². The summed E-state index contributed by atoms with van der Waals surface area (Å²) in [6.07, 6.45) is 3.59. The molecule has 98 valence electrons. The zero-order valence-corrected chi connectivity index (χ0v) is 11.2. The van der Waals surface area contributed by atoms with Crippen molar-refractivity contribution in [2.45, 2.75) is 13.8 Å². The van der Waals surface area contributed by atoms with E-state index in [9.17, 15) is 0 Å². The normalized spacial score (nSPS) is 11.3. The Bertz CT molecular complexity index is 507. The molecule has 0 saturated carbocycles. The SMILES string of the molecule is CC(C)COCCNc1nccc2c1ncn2C. The molecule has 0 saturated heterocycles. The molecule has 0 amide bonds. The molecule has 0 aliphatic carbocycles. The molecule has 1 N–H and O–H groups in total. The highest BCUT2D eigenvalue weighted by Gasteiger charge is 2.05. The van der Waals surface area contributed by atoms with Crippen LogP contribution in [0.1, 0.15) is 13.8 Å². The lowest BCUT2D eigenvalue weighted by molar-refractivity contribution is 0.118. The molecule has 0 fully saturated rings. The number of nitrogens with zero attached hydrogens (tertiary/aromatic N) is 3. The van der Waals surface area contributed by atoms with E-state index >= 15 is 0 Å². The molecule has 18 heavy (non-hydrogen) atoms. The summed E-state index contributed by atoms with van der Waals surface area (Å²) in [6.45, 7) is 6.51. The Morgan fingerprint density at radius 3 is 3.00 bits per heavy atom. The fourth-order valence-electron chi connectivity index (χ4n) is 1.75. The number of aryl methyl sites for hydroxylation is 1. The lowest BCUT2D eigenvalue weighted by Crippen LogP contribution is -2.13. The molecular formula is C13H20N4O. The maximum absolute atomic E-state index is 5.52. The number of hydrogen-bond donors (Lipinski definition) is 1. The van der Waals surface area contributed by atoms with Crippen LogP contribution in [0.5, 0.6) is 0 Å². The Hall–Kier alpha value is -1.62. The first-order chi connectivity index (χ1) is 8.68. The minimum absolute atomic E-state index is 0.572. The number of anilines is 1. The molecule has 0 radical (unpaired) electrons. The Kier molecular flexibility index (Phi) is 4.15. The maximum Gasteiger partial charge on any atom is 0.154 e. The van der Waals surface area contributed by atoms with Gasteiger partial charge >= 0.3 is 0 Å². The van der Waals surface area contributed by atoms with Gasteiger partial charge in [-0.1, -0.05) is 13.8 Å². The lowest BCUT2D eigenvalue weighted by Gasteiger charge is -2.08. The van der Waals surface area contributed by atoms with Crippen molar-refractivity contribution in [1.82, 2.24) is 14.5 Å². The summed E-state index contributed by atoms with van der Waals surface area (Å²) in [5.41, 5.74) is 1.99. The molecule has 0 aliphatic rings. The Morgan fingerprint density at radius 2 is 2.22 bits per heavy atom. The van der Waals surface area contributed by atoms with Crippen LogP contribution in [0, 0.1) is 5.92 Å². The average Bonchev–Trinajstić information content (AvgIpc) is 2.71. The van der Waals surface area contributed by atoms with E-state index in [4.69, 9.17) is 4.74 Å². The van der Waals surface area contributed by atoms with Gasteiger partial charge in [0.25, 0.3) is 0 Å². The summed E-state index contributed by atoms with van der Waals surface area (Å²) in [6, 6.07) is 1.96. The number of nitrogens with one attached hydrogen (secondary N) is 1. The van der Waals surface area contributed by atoms with Crippen molar-refractivity contribution >= 4 is 16.9 Å². The zero-order chi connectivity index (χ0) is 13.0. The number of ether oxygens (including phenoxy) is 1. The summed E-state index contributed by atoms with van der Waals surface area (Å²) in [5.74, 6) is 1.39. The third-order valence-electron chi connectivity index (χ3n) is 2.63. The molecule has 2 aromatic rings. The molecule has 2 rings (SSSR count). The van der Waals surface area contributed by atoms with E-state index in [2.05, 4.69) is 29.1 Å². The van der Waals surface area contributed by atoms with Crippen molar-refractivity contribution in [2.75, 3.05) is 25.1 Å². The molecule has 5 heteroatoms. The van der Waals surface area contributed by atoms with E-state index in [0.29, 0.717) is 12.5 Å². The number of fused-ring (bicyclic) bond motifs is 1. The quantitative estimate of drug-likeness (QED) is 0.795. The van der Waals surface area contributed by atoms with E-state index in [-0.39, 0.29) is 0 Å². The van der Waals surface area contributed by atoms with Crippen LogP contribution >= 0.6 is 0 Å². The highest BCUT2D eigenvalue weighted by Crippen LogP contribution is 2.17. The van der Waals surface area contributed by atoms with Gasteiger partial charge in [0.1, 0.15) is 5.52 Å². The fourth-order valence-corrected chi connectivity index (χ4v) is 1.75. The van der Waals surface area contributed by atoms with Crippen LogP contribution in [0.15, 0.2) is 18.6 Å². The van der Waals surface area contributed by atoms with Crippen LogP contribution in [-0.2, 0) is 11.8 Å². The maximum atomic E-state index is 5.52. The molecule has 2 aromatic heterocycles. The Morgan fingerprint density at radius 1 is 1.39 bits per heavy atom. The topological polar surface area (TPSA) is 52.0 Å². The molecule has 5 nitrogen and oxygen atoms in total. The van der Waals surface area contributed by atoms with Gasteiger partial charge in [0.15, 0.2) is 5.82 Å². The standard InChI is InChI=1S/C13H20N4O/c1-10(2)8-18-7-6-15-13-12-11(4-5-14-13)17(3)9-16-12/h4-5,9-10H,6-8H2,1-3H3,(H,14,15). The van der Waals surface area contributed by atoms with Crippen LogP contribution < -0.4 is 5.32 Å². The van der Waals surface area contributed by atoms with Crippen LogP contribution in [0.2, 0.25) is 0 Å². The van der Waals surface area contributed by atoms with Gasteiger partial charge in [0, 0.05) is 26.4 Å². The summed E-state index contributed by atoms with van der Waals surface area (Å²) < 4.78 is 7.50. The second-order valence-electron chi connectivity index (χ2n) is 4.78. The van der Waals surface area contributed by atoms with Crippen molar-refractivity contribution in [3.8, 4) is 0 Å². The second-order valence-corrected chi connectivity index (χ2v) is 4.78. The van der Waals surface area contributed by atoms with Gasteiger partial charge in [-0.2, -0.15) is 0 Å². The first-order valence-electron chi connectivity index (χ1n) is 6.26. The van der Waals surface area contributed by atoms with Gasteiger partial charge in [-0.05, 0) is 12.0 Å². The largest absolute Gasteiger partial charge is 0.379 e. The third-order valence-corrected chi connectivity index (χ3v) is 2.63. The number of imidazole rings is 1. The van der Waals surface area contributed by atoms with Gasteiger partial charge in [0.05, 0.1) is 18.5 Å². The highest BCUT2D eigenvalue weighted by atomic mass is 16.5. The van der Waals surface area contributed by atoms with Crippen molar-refractivity contribution in [3.63, 3.8) is 0 Å². The van der Waals surface area contributed by atoms with Crippen molar-refractivity contribution in [3.05, 3.63) is 18.6 Å². The number of rotatable bonds is 6. The van der Waals surface area contributed by atoms with Gasteiger partial charge in [-0.15, -0.1) is 0 Å². The predicted octanol–water partition coefficient (Wildman–Crippen LogP) is 2.05. The number of aromatic nitrogens is 3. The average molecular weight is 248 g/mol. The Labute approximate surface area is 107 Å². The van der Waals surface area contributed by atoms with Gasteiger partial charge in [-0.3, -0.25) is 0 Å². The summed E-state index contributed by atoms with van der Waals surface area (Å²) in [5, 5.41) is 3.26. The monoisotopic (exact) mass is 248 g/mol. The van der Waals surface area contributed by atoms with Gasteiger partial charge in [0.2, 0.25) is 0 Å². The third kappa shape index (κ3) is 2.98. The van der Waals surface area contributed by atoms with E-state index in [1.54, 1.807) is 12.5 Å². The minimum Gasteiger partial charge on any atom is -0.379 e. The second kappa shape index (κ2) is 5.82. The van der Waals surface area contributed by atoms with E-state index in [0.717, 1.165) is 30.0 Å². The smallest absolute Gasteiger partial charge is 0.154 e. The first-order valence-corrected chi connectivity index (χ1v) is 6.26. The van der Waals surface area contributed by atoms with Crippen molar-refractivity contribution in [2.24, 2.45) is 13.0 Å². The molecule has 0 unspecified atom stereocenters. The lowest BCUT2D eigenvalue weighted by atomic mass is 10.2. The fraction of sp³-hybridized carbons (Fsp3) is 0.538. The molecular weight excluding hydrogens is 228 g/mol. The Balaban J connectivity index is 1.92. The number of pyridine rings is 1. The molecule has 0 atom stereocenters. The highest BCUT2D eigenvalue weighted by molar-refractivity contribution is 5.85. The van der Waals surface area contributed by atoms with Crippen LogP contribution in [0.25, 0.3) is 11.0 Å². The summed E-state index contributed by atoms with van der Waals surface area (Å²) in [7, 11) is 1.98. The van der Waals surface area contributed by atoms with Crippen molar-refractivity contribution in [1.29, 1.82) is 0 Å². The molecule has 0 bridgehead atoms.